The molecule has 1 heterocycles. The molecule has 0 saturated carbocycles. The van der Waals surface area contributed by atoms with Gasteiger partial charge in [0.2, 0.25) is 5.91 Å². The minimum Gasteiger partial charge on any atom is -0.348 e. The predicted molar refractivity (Wildman–Crippen MR) is 90.9 cm³/mol. The molecule has 22 heavy (non-hydrogen) atoms. The lowest BCUT2D eigenvalue weighted by Crippen LogP contribution is -2.39. The van der Waals surface area contributed by atoms with E-state index in [1.54, 1.807) is 0 Å². The molecular weight excluding hydrogens is 274 g/mol. The molecule has 2 N–H and O–H groups in total. The van der Waals surface area contributed by atoms with Gasteiger partial charge in [-0.25, -0.2) is 0 Å². The van der Waals surface area contributed by atoms with Crippen LogP contribution in [-0.2, 0) is 11.2 Å². The summed E-state index contributed by atoms with van der Waals surface area (Å²) in [5, 5.41) is 6.47. The van der Waals surface area contributed by atoms with E-state index in [0.29, 0.717) is 6.54 Å². The second-order valence-electron chi connectivity index (χ2n) is 6.16. The first-order chi connectivity index (χ1) is 10.7. The summed E-state index contributed by atoms with van der Waals surface area (Å²) >= 11 is 0. The van der Waals surface area contributed by atoms with Gasteiger partial charge in [-0.05, 0) is 44.0 Å². The van der Waals surface area contributed by atoms with Crippen LogP contribution in [-0.4, -0.2) is 43.5 Å². The lowest BCUT2D eigenvalue weighted by Gasteiger charge is -2.21. The number of carbonyl (C=O) groups excluding carboxylic acids is 1. The number of aryl methyl sites for hydroxylation is 1. The molecule has 2 rings (SSSR count). The zero-order chi connectivity index (χ0) is 15.8. The van der Waals surface area contributed by atoms with Crippen LogP contribution in [0.5, 0.6) is 0 Å². The van der Waals surface area contributed by atoms with Crippen molar-refractivity contribution in [1.29, 1.82) is 0 Å². The Labute approximate surface area is 134 Å². The summed E-state index contributed by atoms with van der Waals surface area (Å²) in [5.74, 6) is 0.118. The van der Waals surface area contributed by atoms with Crippen molar-refractivity contribution in [3.05, 3.63) is 35.4 Å². The number of hydrogen-bond donors (Lipinski definition) is 2. The fraction of sp³-hybridized carbons (Fsp3) is 0.611. The van der Waals surface area contributed by atoms with Gasteiger partial charge in [-0.1, -0.05) is 37.6 Å². The lowest BCUT2D eigenvalue weighted by atomic mass is 10.0. The summed E-state index contributed by atoms with van der Waals surface area (Å²) in [6, 6.07) is 8.66. The van der Waals surface area contributed by atoms with E-state index >= 15 is 0 Å². The van der Waals surface area contributed by atoms with Gasteiger partial charge in [0.05, 0.1) is 12.6 Å². The van der Waals surface area contributed by atoms with Gasteiger partial charge < -0.3 is 10.6 Å². The highest BCUT2D eigenvalue weighted by atomic mass is 16.2. The highest BCUT2D eigenvalue weighted by Crippen LogP contribution is 2.14. The fourth-order valence-corrected chi connectivity index (χ4v) is 2.89. The van der Waals surface area contributed by atoms with Crippen molar-refractivity contribution in [3.8, 4) is 0 Å². The van der Waals surface area contributed by atoms with Crippen molar-refractivity contribution in [2.75, 3.05) is 32.7 Å². The Kier molecular flexibility index (Phi) is 6.87. The van der Waals surface area contributed by atoms with Crippen LogP contribution in [0.15, 0.2) is 24.3 Å². The maximum atomic E-state index is 12.2. The third-order valence-electron chi connectivity index (χ3n) is 4.20. The maximum absolute atomic E-state index is 12.2. The number of hydrogen-bond acceptors (Lipinski definition) is 3. The average molecular weight is 303 g/mol. The molecule has 0 spiro atoms. The van der Waals surface area contributed by atoms with Gasteiger partial charge in [0.1, 0.15) is 0 Å². The third kappa shape index (κ3) is 5.43. The molecule has 122 valence electrons. The van der Waals surface area contributed by atoms with E-state index in [1.165, 1.54) is 11.1 Å². The Bertz CT molecular complexity index is 450. The number of benzene rings is 1. The lowest BCUT2D eigenvalue weighted by molar-refractivity contribution is -0.122. The van der Waals surface area contributed by atoms with Gasteiger partial charge in [-0.15, -0.1) is 0 Å². The van der Waals surface area contributed by atoms with Crippen molar-refractivity contribution in [3.63, 3.8) is 0 Å². The molecule has 1 saturated heterocycles. The smallest absolute Gasteiger partial charge is 0.234 e. The van der Waals surface area contributed by atoms with Gasteiger partial charge in [0.15, 0.2) is 0 Å². The minimum absolute atomic E-state index is 0.0632. The molecule has 4 heteroatoms. The van der Waals surface area contributed by atoms with E-state index in [2.05, 4.69) is 53.6 Å². The molecule has 0 aliphatic carbocycles. The summed E-state index contributed by atoms with van der Waals surface area (Å²) < 4.78 is 0. The molecule has 0 radical (unpaired) electrons. The number of carbonyl (C=O) groups is 1. The maximum Gasteiger partial charge on any atom is 0.234 e. The molecule has 4 nitrogen and oxygen atoms in total. The SMILES string of the molecule is CCCc1ccc([C@H](C)NC(=O)CN2CCCNCC2)cc1. The first kappa shape index (κ1) is 17.0. The molecule has 1 fully saturated rings. The van der Waals surface area contributed by atoms with E-state index in [0.717, 1.165) is 45.4 Å². The highest BCUT2D eigenvalue weighted by molar-refractivity contribution is 5.78. The Morgan fingerprint density at radius 2 is 2.05 bits per heavy atom. The molecule has 1 atom stereocenters. The zero-order valence-electron chi connectivity index (χ0n) is 13.9. The first-order valence-electron chi connectivity index (χ1n) is 8.50. The molecule has 1 aliphatic heterocycles. The van der Waals surface area contributed by atoms with Crippen LogP contribution in [0.3, 0.4) is 0 Å². The van der Waals surface area contributed by atoms with Crippen molar-refractivity contribution in [1.82, 2.24) is 15.5 Å². The van der Waals surface area contributed by atoms with Gasteiger partial charge in [0.25, 0.3) is 0 Å². The summed E-state index contributed by atoms with van der Waals surface area (Å²) in [4.78, 5) is 14.4. The van der Waals surface area contributed by atoms with Crippen molar-refractivity contribution < 1.29 is 4.79 Å². The second-order valence-corrected chi connectivity index (χ2v) is 6.16. The highest BCUT2D eigenvalue weighted by Gasteiger charge is 2.15. The summed E-state index contributed by atoms with van der Waals surface area (Å²) in [6.45, 7) is 8.72. The summed E-state index contributed by atoms with van der Waals surface area (Å²) in [5.41, 5.74) is 2.53. The predicted octanol–water partition coefficient (Wildman–Crippen LogP) is 2.11. The van der Waals surface area contributed by atoms with E-state index in [1.807, 2.05) is 0 Å². The number of nitrogens with one attached hydrogen (secondary N) is 2. The van der Waals surface area contributed by atoms with E-state index in [-0.39, 0.29) is 11.9 Å². The van der Waals surface area contributed by atoms with E-state index < -0.39 is 0 Å². The van der Waals surface area contributed by atoms with Crippen LogP contribution in [0, 0.1) is 0 Å². The molecule has 1 aromatic carbocycles. The zero-order valence-corrected chi connectivity index (χ0v) is 13.9. The summed E-state index contributed by atoms with van der Waals surface area (Å²) in [6.07, 6.45) is 3.39. The Morgan fingerprint density at radius 3 is 2.77 bits per heavy atom. The Balaban J connectivity index is 1.82. The standard InChI is InChI=1S/C18H29N3O/c1-3-5-16-6-8-17(9-7-16)15(2)20-18(22)14-21-12-4-10-19-11-13-21/h6-9,15,19H,3-5,10-14H2,1-2H3,(H,20,22)/t15-/m0/s1. The molecule has 1 amide bonds. The molecule has 0 unspecified atom stereocenters. The van der Waals surface area contributed by atoms with Crippen molar-refractivity contribution >= 4 is 5.91 Å². The van der Waals surface area contributed by atoms with Crippen LogP contribution in [0.25, 0.3) is 0 Å². The third-order valence-corrected chi connectivity index (χ3v) is 4.20. The van der Waals surface area contributed by atoms with Crippen LogP contribution in [0.1, 0.15) is 43.9 Å². The Hall–Kier alpha value is -1.39. The first-order valence-corrected chi connectivity index (χ1v) is 8.50. The normalized spacial score (nSPS) is 17.7. The largest absolute Gasteiger partial charge is 0.348 e. The number of rotatable bonds is 6. The molecule has 1 aromatic rings. The van der Waals surface area contributed by atoms with Crippen LogP contribution in [0.2, 0.25) is 0 Å². The van der Waals surface area contributed by atoms with Gasteiger partial charge >= 0.3 is 0 Å². The molecule has 1 aliphatic rings. The van der Waals surface area contributed by atoms with Gasteiger partial charge in [-0.3, -0.25) is 9.69 Å². The van der Waals surface area contributed by atoms with E-state index in [4.69, 9.17) is 0 Å². The molecular formula is C18H29N3O. The fourth-order valence-electron chi connectivity index (χ4n) is 2.89. The topological polar surface area (TPSA) is 44.4 Å². The van der Waals surface area contributed by atoms with Crippen LogP contribution < -0.4 is 10.6 Å². The second kappa shape index (κ2) is 8.91. The van der Waals surface area contributed by atoms with Gasteiger partial charge in [0, 0.05) is 13.1 Å². The Morgan fingerprint density at radius 1 is 1.27 bits per heavy atom. The summed E-state index contributed by atoms with van der Waals surface area (Å²) in [7, 11) is 0. The average Bonchev–Trinajstić information content (AvgIpc) is 2.77. The quantitative estimate of drug-likeness (QED) is 0.846. The van der Waals surface area contributed by atoms with Gasteiger partial charge in [-0.2, -0.15) is 0 Å². The number of nitrogens with zero attached hydrogens (tertiary/aromatic N) is 1. The van der Waals surface area contributed by atoms with Crippen molar-refractivity contribution in [2.45, 2.75) is 39.2 Å². The van der Waals surface area contributed by atoms with Crippen molar-refractivity contribution in [2.24, 2.45) is 0 Å². The number of amides is 1. The van der Waals surface area contributed by atoms with Crippen LogP contribution >= 0.6 is 0 Å². The van der Waals surface area contributed by atoms with E-state index in [9.17, 15) is 4.79 Å². The molecule has 0 aromatic heterocycles. The minimum atomic E-state index is 0.0632. The van der Waals surface area contributed by atoms with Crippen LogP contribution in [0.4, 0.5) is 0 Å². The molecule has 0 bridgehead atoms. The monoisotopic (exact) mass is 303 g/mol.